The van der Waals surface area contributed by atoms with Crippen molar-refractivity contribution in [1.82, 2.24) is 15.5 Å². The molecule has 1 aliphatic rings. The summed E-state index contributed by atoms with van der Waals surface area (Å²) in [5, 5.41) is 23.9. The zero-order chi connectivity index (χ0) is 22.3. The molecule has 1 fully saturated rings. The summed E-state index contributed by atoms with van der Waals surface area (Å²) in [5.74, 6) is -2.98. The van der Waals surface area contributed by atoms with Crippen LogP contribution in [0.2, 0.25) is 0 Å². The number of hydrogen-bond acceptors (Lipinski definition) is 6. The van der Waals surface area contributed by atoms with Crippen molar-refractivity contribution in [2.75, 3.05) is 13.2 Å². The van der Waals surface area contributed by atoms with Crippen LogP contribution in [0.5, 0.6) is 0 Å². The number of likely N-dealkylation sites (tertiary alicyclic amines) is 1. The Balaban J connectivity index is 2.07. The van der Waals surface area contributed by atoms with E-state index in [4.69, 9.17) is 5.73 Å². The number of carboxylic acid groups (broad SMARTS) is 1. The van der Waals surface area contributed by atoms with Crippen LogP contribution < -0.4 is 16.4 Å². The topological polar surface area (TPSA) is 162 Å². The Morgan fingerprint density at radius 1 is 1.17 bits per heavy atom. The fourth-order valence-corrected chi connectivity index (χ4v) is 3.31. The summed E-state index contributed by atoms with van der Waals surface area (Å²) in [5.41, 5.74) is 6.23. The number of nitrogens with zero attached hydrogens (tertiary/aromatic N) is 1. The van der Waals surface area contributed by atoms with E-state index in [2.05, 4.69) is 10.6 Å². The molecule has 4 unspecified atom stereocenters. The van der Waals surface area contributed by atoms with Crippen LogP contribution in [-0.2, 0) is 25.6 Å². The highest BCUT2D eigenvalue weighted by atomic mass is 16.4. The molecule has 30 heavy (non-hydrogen) atoms. The van der Waals surface area contributed by atoms with Crippen LogP contribution in [0.4, 0.5) is 0 Å². The van der Waals surface area contributed by atoms with Gasteiger partial charge in [-0.25, -0.2) is 4.79 Å². The largest absolute Gasteiger partial charge is 0.480 e. The highest BCUT2D eigenvalue weighted by Gasteiger charge is 2.38. The number of aliphatic hydroxyl groups is 1. The van der Waals surface area contributed by atoms with Gasteiger partial charge in [-0.05, 0) is 25.3 Å². The van der Waals surface area contributed by atoms with Crippen molar-refractivity contribution in [2.24, 2.45) is 5.73 Å². The Bertz CT molecular complexity index is 770. The SMILES string of the molecule is CC(N)C(=O)NC(CO)C(=O)N1CCCC1C(=O)NC(Cc1ccccc1)C(=O)O. The number of nitrogens with two attached hydrogens (primary N) is 1. The molecule has 10 nitrogen and oxygen atoms in total. The third-order valence-corrected chi connectivity index (χ3v) is 4.95. The van der Waals surface area contributed by atoms with Crippen molar-refractivity contribution >= 4 is 23.7 Å². The summed E-state index contributed by atoms with van der Waals surface area (Å²) in [6.45, 7) is 1.06. The molecule has 0 aromatic heterocycles. The fourth-order valence-electron chi connectivity index (χ4n) is 3.31. The van der Waals surface area contributed by atoms with Crippen molar-refractivity contribution in [3.63, 3.8) is 0 Å². The van der Waals surface area contributed by atoms with Gasteiger partial charge in [0.1, 0.15) is 18.1 Å². The molecule has 0 spiro atoms. The van der Waals surface area contributed by atoms with Crippen LogP contribution in [0.1, 0.15) is 25.3 Å². The number of carbonyl (C=O) groups is 4. The van der Waals surface area contributed by atoms with Crippen LogP contribution in [0.3, 0.4) is 0 Å². The number of aliphatic hydroxyl groups excluding tert-OH is 1. The van der Waals surface area contributed by atoms with E-state index in [0.717, 1.165) is 5.56 Å². The second-order valence-corrected chi connectivity index (χ2v) is 7.31. The average Bonchev–Trinajstić information content (AvgIpc) is 3.21. The number of aliphatic carboxylic acids is 1. The standard InChI is InChI=1S/C20H28N4O6/c1-12(21)17(26)23-15(11-25)19(28)24-9-5-8-16(24)18(27)22-14(20(29)30)10-13-6-3-2-4-7-13/h2-4,6-7,12,14-16,25H,5,8-11,21H2,1H3,(H,22,27)(H,23,26)(H,29,30). The van der Waals surface area contributed by atoms with E-state index < -0.39 is 54.5 Å². The lowest BCUT2D eigenvalue weighted by Gasteiger charge is -2.29. The zero-order valence-corrected chi connectivity index (χ0v) is 16.8. The minimum Gasteiger partial charge on any atom is -0.480 e. The van der Waals surface area contributed by atoms with Crippen molar-refractivity contribution in [3.8, 4) is 0 Å². The molecule has 1 aromatic rings. The molecule has 0 saturated carbocycles. The van der Waals surface area contributed by atoms with E-state index in [1.165, 1.54) is 11.8 Å². The smallest absolute Gasteiger partial charge is 0.326 e. The van der Waals surface area contributed by atoms with E-state index in [1.807, 2.05) is 6.07 Å². The van der Waals surface area contributed by atoms with Crippen molar-refractivity contribution in [2.45, 2.75) is 50.4 Å². The monoisotopic (exact) mass is 420 g/mol. The van der Waals surface area contributed by atoms with Crippen LogP contribution in [0.15, 0.2) is 30.3 Å². The summed E-state index contributed by atoms with van der Waals surface area (Å²) in [4.78, 5) is 50.2. The van der Waals surface area contributed by atoms with Crippen molar-refractivity contribution in [1.29, 1.82) is 0 Å². The Morgan fingerprint density at radius 3 is 2.40 bits per heavy atom. The molecule has 3 amide bonds. The molecular weight excluding hydrogens is 392 g/mol. The number of rotatable bonds is 9. The number of benzene rings is 1. The van der Waals surface area contributed by atoms with Gasteiger partial charge in [0.2, 0.25) is 17.7 Å². The number of hydrogen-bond donors (Lipinski definition) is 5. The lowest BCUT2D eigenvalue weighted by molar-refractivity contribution is -0.145. The van der Waals surface area contributed by atoms with Gasteiger partial charge in [-0.1, -0.05) is 30.3 Å². The van der Waals surface area contributed by atoms with Crippen molar-refractivity contribution < 1.29 is 29.4 Å². The molecule has 1 saturated heterocycles. The third kappa shape index (κ3) is 6.01. The van der Waals surface area contributed by atoms with Gasteiger partial charge in [0, 0.05) is 13.0 Å². The van der Waals surface area contributed by atoms with Gasteiger partial charge in [0.25, 0.3) is 0 Å². The normalized spacial score (nSPS) is 18.9. The summed E-state index contributed by atoms with van der Waals surface area (Å²) >= 11 is 0. The fraction of sp³-hybridized carbons (Fsp3) is 0.500. The molecule has 1 heterocycles. The summed E-state index contributed by atoms with van der Waals surface area (Å²) < 4.78 is 0. The number of carbonyl (C=O) groups excluding carboxylic acids is 3. The average molecular weight is 420 g/mol. The number of carboxylic acids is 1. The van der Waals surface area contributed by atoms with Gasteiger partial charge in [0.15, 0.2) is 0 Å². The molecule has 10 heteroatoms. The van der Waals surface area contributed by atoms with Crippen molar-refractivity contribution in [3.05, 3.63) is 35.9 Å². The van der Waals surface area contributed by atoms with Crippen LogP contribution in [0.25, 0.3) is 0 Å². The molecule has 0 radical (unpaired) electrons. The lowest BCUT2D eigenvalue weighted by atomic mass is 10.1. The van der Waals surface area contributed by atoms with E-state index >= 15 is 0 Å². The van der Waals surface area contributed by atoms with E-state index in [1.54, 1.807) is 24.3 Å². The maximum atomic E-state index is 12.8. The van der Waals surface area contributed by atoms with Gasteiger partial charge < -0.3 is 31.5 Å². The first kappa shape index (κ1) is 23.3. The molecule has 6 N–H and O–H groups in total. The second kappa shape index (κ2) is 10.7. The molecule has 0 aliphatic carbocycles. The molecule has 0 bridgehead atoms. The highest BCUT2D eigenvalue weighted by Crippen LogP contribution is 2.19. The summed E-state index contributed by atoms with van der Waals surface area (Å²) in [7, 11) is 0. The third-order valence-electron chi connectivity index (χ3n) is 4.95. The van der Waals surface area contributed by atoms with Gasteiger partial charge in [-0.3, -0.25) is 14.4 Å². The minimum atomic E-state index is -1.23. The van der Waals surface area contributed by atoms with Gasteiger partial charge in [0.05, 0.1) is 12.6 Å². The molecular formula is C20H28N4O6. The minimum absolute atomic E-state index is 0.103. The Morgan fingerprint density at radius 2 is 1.83 bits per heavy atom. The van der Waals surface area contributed by atoms with Gasteiger partial charge in [-0.15, -0.1) is 0 Å². The van der Waals surface area contributed by atoms with Crippen LogP contribution >= 0.6 is 0 Å². The molecule has 164 valence electrons. The first-order valence-corrected chi connectivity index (χ1v) is 9.79. The second-order valence-electron chi connectivity index (χ2n) is 7.31. The molecule has 2 rings (SSSR count). The van der Waals surface area contributed by atoms with Crippen LogP contribution in [0, 0.1) is 0 Å². The van der Waals surface area contributed by atoms with Gasteiger partial charge >= 0.3 is 5.97 Å². The zero-order valence-electron chi connectivity index (χ0n) is 16.8. The first-order valence-electron chi connectivity index (χ1n) is 9.79. The lowest BCUT2D eigenvalue weighted by Crippen LogP contribution is -2.57. The quantitative estimate of drug-likeness (QED) is 0.329. The molecule has 1 aliphatic heterocycles. The predicted molar refractivity (Wildman–Crippen MR) is 107 cm³/mol. The van der Waals surface area contributed by atoms with Gasteiger partial charge in [-0.2, -0.15) is 0 Å². The number of nitrogens with one attached hydrogen (secondary N) is 2. The highest BCUT2D eigenvalue weighted by molar-refractivity contribution is 5.94. The number of amides is 3. The summed E-state index contributed by atoms with van der Waals surface area (Å²) in [6.07, 6.45) is 1.00. The summed E-state index contributed by atoms with van der Waals surface area (Å²) in [6, 6.07) is 4.77. The first-order chi connectivity index (χ1) is 14.2. The maximum absolute atomic E-state index is 12.8. The molecule has 4 atom stereocenters. The Labute approximate surface area is 174 Å². The Kier molecular flexibility index (Phi) is 8.31. The van der Waals surface area contributed by atoms with E-state index in [-0.39, 0.29) is 13.0 Å². The Hall–Kier alpha value is -2.98. The van der Waals surface area contributed by atoms with E-state index in [0.29, 0.717) is 12.8 Å². The maximum Gasteiger partial charge on any atom is 0.326 e. The van der Waals surface area contributed by atoms with Crippen LogP contribution in [-0.4, -0.2) is 76.1 Å². The predicted octanol–water partition coefficient (Wildman–Crippen LogP) is -1.39. The van der Waals surface area contributed by atoms with E-state index in [9.17, 15) is 29.4 Å². The molecule has 1 aromatic carbocycles.